The third kappa shape index (κ3) is 1.72. The van der Waals surface area contributed by atoms with Crippen molar-refractivity contribution in [2.75, 3.05) is 13.1 Å². The lowest BCUT2D eigenvalue weighted by molar-refractivity contribution is 0.458. The van der Waals surface area contributed by atoms with Gasteiger partial charge in [-0.25, -0.2) is 4.98 Å². The molecule has 2 aromatic heterocycles. The molecule has 0 amide bonds. The molecule has 0 radical (unpaired) electrons. The van der Waals surface area contributed by atoms with Crippen LogP contribution in [0.15, 0.2) is 18.5 Å². The second-order valence-corrected chi connectivity index (χ2v) is 5.44. The van der Waals surface area contributed by atoms with Crippen LogP contribution in [0.1, 0.15) is 32.5 Å². The van der Waals surface area contributed by atoms with Crippen molar-refractivity contribution in [2.24, 2.45) is 0 Å². The van der Waals surface area contributed by atoms with E-state index in [9.17, 15) is 0 Å². The summed E-state index contributed by atoms with van der Waals surface area (Å²) in [5.74, 6) is 1.22. The Bertz CT molecular complexity index is 552. The van der Waals surface area contributed by atoms with Crippen molar-refractivity contribution in [1.29, 1.82) is 0 Å². The number of hydrogen-bond donors (Lipinski definition) is 1. The molecule has 0 spiro atoms. The smallest absolute Gasteiger partial charge is 0.117 e. The summed E-state index contributed by atoms with van der Waals surface area (Å²) in [6.45, 7) is 7.67. The van der Waals surface area contributed by atoms with E-state index >= 15 is 0 Å². The molecule has 1 fully saturated rings. The summed E-state index contributed by atoms with van der Waals surface area (Å²) < 4.78 is 2.38. The van der Waals surface area contributed by atoms with Crippen molar-refractivity contribution in [1.82, 2.24) is 19.9 Å². The largest absolute Gasteiger partial charge is 0.327 e. The summed E-state index contributed by atoms with van der Waals surface area (Å²) in [6, 6.07) is 2.08. The van der Waals surface area contributed by atoms with E-state index < -0.39 is 0 Å². The fourth-order valence-corrected chi connectivity index (χ4v) is 2.90. The third-order valence-electron chi connectivity index (χ3n) is 3.91. The number of pyridine rings is 1. The minimum absolute atomic E-state index is 0.161. The number of rotatable bonds is 3. The minimum Gasteiger partial charge on any atom is -0.327 e. The summed E-state index contributed by atoms with van der Waals surface area (Å²) in [4.78, 5) is 9.03. The maximum atomic E-state index is 4.85. The first kappa shape index (κ1) is 11.7. The van der Waals surface area contributed by atoms with E-state index in [0.29, 0.717) is 0 Å². The van der Waals surface area contributed by atoms with Crippen LogP contribution in [0.3, 0.4) is 0 Å². The Balaban J connectivity index is 2.18. The normalized spacial score (nSPS) is 23.9. The Morgan fingerprint density at radius 1 is 1.50 bits per heavy atom. The van der Waals surface area contributed by atoms with Crippen molar-refractivity contribution in [3.63, 3.8) is 0 Å². The van der Waals surface area contributed by atoms with Gasteiger partial charge >= 0.3 is 0 Å². The number of imidazole rings is 1. The summed E-state index contributed by atoms with van der Waals surface area (Å²) in [7, 11) is 0. The summed E-state index contributed by atoms with van der Waals surface area (Å²) in [5.41, 5.74) is 2.40. The average molecular weight is 244 g/mol. The lowest BCUT2D eigenvalue weighted by Gasteiger charge is -2.23. The molecule has 1 unspecified atom stereocenters. The molecule has 1 aliphatic heterocycles. The van der Waals surface area contributed by atoms with Crippen LogP contribution in [-0.4, -0.2) is 27.6 Å². The van der Waals surface area contributed by atoms with Gasteiger partial charge in [-0.2, -0.15) is 0 Å². The Kier molecular flexibility index (Phi) is 2.82. The van der Waals surface area contributed by atoms with Crippen LogP contribution in [0.5, 0.6) is 0 Å². The molecule has 0 aromatic carbocycles. The van der Waals surface area contributed by atoms with Gasteiger partial charge in [-0.3, -0.25) is 4.98 Å². The monoisotopic (exact) mass is 244 g/mol. The number of nitrogens with zero attached hydrogens (tertiary/aromatic N) is 3. The standard InChI is InChI=1S/C14H20N4/c1-3-8-18-12-4-6-15-9-11(12)17-13(18)14(2)5-7-16-10-14/h4,6,9,16H,3,5,7-8,10H2,1-2H3. The molecule has 4 heteroatoms. The van der Waals surface area contributed by atoms with E-state index in [1.807, 2.05) is 12.4 Å². The van der Waals surface area contributed by atoms with E-state index in [2.05, 4.69) is 34.8 Å². The molecule has 1 aliphatic rings. The molecule has 3 rings (SSSR count). The van der Waals surface area contributed by atoms with Crippen LogP contribution in [0.25, 0.3) is 11.0 Å². The maximum absolute atomic E-state index is 4.85. The van der Waals surface area contributed by atoms with E-state index in [-0.39, 0.29) is 5.41 Å². The second kappa shape index (κ2) is 4.35. The fraction of sp³-hybridized carbons (Fsp3) is 0.571. The summed E-state index contributed by atoms with van der Waals surface area (Å²) >= 11 is 0. The maximum Gasteiger partial charge on any atom is 0.117 e. The van der Waals surface area contributed by atoms with Crippen LogP contribution in [0.2, 0.25) is 0 Å². The minimum atomic E-state index is 0.161. The van der Waals surface area contributed by atoms with Crippen molar-refractivity contribution in [3.8, 4) is 0 Å². The molecular weight excluding hydrogens is 224 g/mol. The molecule has 2 aromatic rings. The number of aromatic nitrogens is 3. The highest BCUT2D eigenvalue weighted by Crippen LogP contribution is 2.31. The van der Waals surface area contributed by atoms with Gasteiger partial charge < -0.3 is 9.88 Å². The highest BCUT2D eigenvalue weighted by Gasteiger charge is 2.35. The molecule has 96 valence electrons. The van der Waals surface area contributed by atoms with Gasteiger partial charge in [0.05, 0.1) is 11.7 Å². The van der Waals surface area contributed by atoms with Crippen molar-refractivity contribution < 1.29 is 0 Å². The van der Waals surface area contributed by atoms with Gasteiger partial charge in [0.25, 0.3) is 0 Å². The van der Waals surface area contributed by atoms with Crippen molar-refractivity contribution in [2.45, 2.75) is 38.6 Å². The Labute approximate surface area is 107 Å². The van der Waals surface area contributed by atoms with Crippen molar-refractivity contribution >= 4 is 11.0 Å². The molecule has 1 atom stereocenters. The van der Waals surface area contributed by atoms with Crippen LogP contribution in [0.4, 0.5) is 0 Å². The molecule has 3 heterocycles. The number of fused-ring (bicyclic) bond motifs is 1. The van der Waals surface area contributed by atoms with E-state index in [0.717, 1.165) is 38.0 Å². The lowest BCUT2D eigenvalue weighted by Crippen LogP contribution is -2.29. The molecule has 1 N–H and O–H groups in total. The van der Waals surface area contributed by atoms with Crippen LogP contribution < -0.4 is 5.32 Å². The van der Waals surface area contributed by atoms with Gasteiger partial charge in [0.1, 0.15) is 11.3 Å². The zero-order chi connectivity index (χ0) is 12.6. The molecule has 4 nitrogen and oxygen atoms in total. The predicted octanol–water partition coefficient (Wildman–Crippen LogP) is 2.09. The van der Waals surface area contributed by atoms with Gasteiger partial charge in [-0.15, -0.1) is 0 Å². The van der Waals surface area contributed by atoms with Crippen LogP contribution in [-0.2, 0) is 12.0 Å². The summed E-state index contributed by atoms with van der Waals surface area (Å²) in [6.07, 6.45) is 6.02. The predicted molar refractivity (Wildman–Crippen MR) is 72.7 cm³/mol. The zero-order valence-corrected chi connectivity index (χ0v) is 11.1. The van der Waals surface area contributed by atoms with E-state index in [4.69, 9.17) is 4.98 Å². The lowest BCUT2D eigenvalue weighted by atomic mass is 9.89. The van der Waals surface area contributed by atoms with Crippen LogP contribution >= 0.6 is 0 Å². The van der Waals surface area contributed by atoms with Gasteiger partial charge in [-0.05, 0) is 25.5 Å². The first-order valence-corrected chi connectivity index (χ1v) is 6.76. The molecule has 18 heavy (non-hydrogen) atoms. The molecule has 0 saturated carbocycles. The van der Waals surface area contributed by atoms with Crippen LogP contribution in [0, 0.1) is 0 Å². The zero-order valence-electron chi connectivity index (χ0n) is 11.1. The molecule has 1 saturated heterocycles. The Morgan fingerprint density at radius 3 is 3.11 bits per heavy atom. The number of nitrogens with one attached hydrogen (secondary N) is 1. The van der Waals surface area contributed by atoms with Crippen molar-refractivity contribution in [3.05, 3.63) is 24.3 Å². The van der Waals surface area contributed by atoms with Gasteiger partial charge in [0, 0.05) is 24.7 Å². The van der Waals surface area contributed by atoms with Gasteiger partial charge in [0.2, 0.25) is 0 Å². The van der Waals surface area contributed by atoms with E-state index in [1.165, 1.54) is 11.3 Å². The highest BCUT2D eigenvalue weighted by atomic mass is 15.1. The SMILES string of the molecule is CCCn1c(C2(C)CCNC2)nc2cnccc21. The number of hydrogen-bond acceptors (Lipinski definition) is 3. The van der Waals surface area contributed by atoms with Gasteiger partial charge in [0.15, 0.2) is 0 Å². The van der Waals surface area contributed by atoms with E-state index in [1.54, 1.807) is 0 Å². The van der Waals surface area contributed by atoms with Gasteiger partial charge in [-0.1, -0.05) is 13.8 Å². The average Bonchev–Trinajstić information content (AvgIpc) is 2.96. The first-order chi connectivity index (χ1) is 8.74. The fourth-order valence-electron chi connectivity index (χ4n) is 2.90. The third-order valence-corrected chi connectivity index (χ3v) is 3.91. The summed E-state index contributed by atoms with van der Waals surface area (Å²) in [5, 5.41) is 3.46. The second-order valence-electron chi connectivity index (χ2n) is 5.44. The molecule has 0 bridgehead atoms. The molecular formula is C14H20N4. The number of aryl methyl sites for hydroxylation is 1. The Hall–Kier alpha value is -1.42. The topological polar surface area (TPSA) is 42.7 Å². The first-order valence-electron chi connectivity index (χ1n) is 6.76. The molecule has 0 aliphatic carbocycles. The Morgan fingerprint density at radius 2 is 2.39 bits per heavy atom. The highest BCUT2D eigenvalue weighted by molar-refractivity contribution is 5.75. The quantitative estimate of drug-likeness (QED) is 0.899.